The molecule has 4 heteroatoms. The molecule has 0 fully saturated rings. The molecule has 0 aliphatic heterocycles. The molecule has 2 unspecified atom stereocenters. The van der Waals surface area contributed by atoms with E-state index >= 15 is 0 Å². The van der Waals surface area contributed by atoms with Gasteiger partial charge in [0.25, 0.3) is 0 Å². The topological polar surface area (TPSA) is 47.6 Å². The largest absolute Gasteiger partial charge is 0.479 e. The minimum Gasteiger partial charge on any atom is -0.479 e. The Morgan fingerprint density at radius 2 is 1.95 bits per heavy atom. The minimum absolute atomic E-state index is 0.232. The first kappa shape index (κ1) is 17.5. The van der Waals surface area contributed by atoms with Crippen molar-refractivity contribution in [3.63, 3.8) is 0 Å². The number of carbonyl (C=O) groups is 1. The van der Waals surface area contributed by atoms with Crippen LogP contribution in [0.5, 0.6) is 5.75 Å². The lowest BCUT2D eigenvalue weighted by Crippen LogP contribution is -2.28. The highest BCUT2D eigenvalue weighted by molar-refractivity contribution is 5.74. The number of nitrogens with one attached hydrogen (secondary N) is 1. The van der Waals surface area contributed by atoms with E-state index in [9.17, 15) is 4.79 Å². The van der Waals surface area contributed by atoms with Crippen molar-refractivity contribution in [1.29, 1.82) is 0 Å². The standard InChI is InChI=1S/C17H27NO3/c1-5-12-18-15(6-2)14-10-8-9-11-16(14)21-13(4)17(19)20-7-3/h8-11,13,15,18H,5-7,12H2,1-4H3. The molecule has 4 nitrogen and oxygen atoms in total. The number of hydrogen-bond acceptors (Lipinski definition) is 4. The molecular weight excluding hydrogens is 266 g/mol. The molecule has 118 valence electrons. The van der Waals surface area contributed by atoms with Crippen LogP contribution in [0.2, 0.25) is 0 Å². The normalized spacial score (nSPS) is 13.5. The lowest BCUT2D eigenvalue weighted by molar-refractivity contribution is -0.150. The van der Waals surface area contributed by atoms with E-state index in [2.05, 4.69) is 19.2 Å². The van der Waals surface area contributed by atoms with E-state index in [1.54, 1.807) is 13.8 Å². The molecule has 0 heterocycles. The van der Waals surface area contributed by atoms with Crippen LogP contribution in [-0.2, 0) is 9.53 Å². The molecule has 0 amide bonds. The molecule has 0 aromatic heterocycles. The maximum absolute atomic E-state index is 11.7. The summed E-state index contributed by atoms with van der Waals surface area (Å²) in [7, 11) is 0. The molecule has 1 rings (SSSR count). The summed E-state index contributed by atoms with van der Waals surface area (Å²) in [4.78, 5) is 11.7. The Labute approximate surface area is 127 Å². The van der Waals surface area contributed by atoms with Crippen LogP contribution in [0.1, 0.15) is 52.1 Å². The molecule has 1 aromatic rings. The third kappa shape index (κ3) is 5.38. The first-order valence-electron chi connectivity index (χ1n) is 7.79. The van der Waals surface area contributed by atoms with Crippen molar-refractivity contribution in [1.82, 2.24) is 5.32 Å². The SMILES string of the molecule is CCCNC(CC)c1ccccc1OC(C)C(=O)OCC. The maximum atomic E-state index is 11.7. The van der Waals surface area contributed by atoms with Gasteiger partial charge in [0.2, 0.25) is 0 Å². The van der Waals surface area contributed by atoms with E-state index in [-0.39, 0.29) is 12.0 Å². The Bertz CT molecular complexity index is 434. The molecule has 1 N–H and O–H groups in total. The third-order valence-electron chi connectivity index (χ3n) is 3.27. The number of benzene rings is 1. The van der Waals surface area contributed by atoms with Gasteiger partial charge in [-0.3, -0.25) is 0 Å². The molecule has 0 aliphatic carbocycles. The fourth-order valence-corrected chi connectivity index (χ4v) is 2.17. The molecule has 0 saturated carbocycles. The van der Waals surface area contributed by atoms with Gasteiger partial charge in [-0.2, -0.15) is 0 Å². The number of carbonyl (C=O) groups excluding carboxylic acids is 1. The number of hydrogen-bond donors (Lipinski definition) is 1. The average Bonchev–Trinajstić information content (AvgIpc) is 2.49. The number of rotatable bonds is 9. The fourth-order valence-electron chi connectivity index (χ4n) is 2.17. The summed E-state index contributed by atoms with van der Waals surface area (Å²) in [6, 6.07) is 8.10. The van der Waals surface area contributed by atoms with Crippen LogP contribution in [0.15, 0.2) is 24.3 Å². The molecule has 0 saturated heterocycles. The Kier molecular flexibility index (Phi) is 7.83. The van der Waals surface area contributed by atoms with Gasteiger partial charge in [0.05, 0.1) is 6.61 Å². The summed E-state index contributed by atoms with van der Waals surface area (Å²) < 4.78 is 10.8. The number of esters is 1. The summed E-state index contributed by atoms with van der Waals surface area (Å²) in [6.07, 6.45) is 1.45. The van der Waals surface area contributed by atoms with Crippen LogP contribution in [-0.4, -0.2) is 25.2 Å². The van der Waals surface area contributed by atoms with Crippen molar-refractivity contribution in [2.45, 2.75) is 52.7 Å². The highest BCUT2D eigenvalue weighted by Gasteiger charge is 2.19. The first-order valence-corrected chi connectivity index (χ1v) is 7.79. The first-order chi connectivity index (χ1) is 10.1. The molecule has 2 atom stereocenters. The highest BCUT2D eigenvalue weighted by Crippen LogP contribution is 2.28. The van der Waals surface area contributed by atoms with Crippen LogP contribution < -0.4 is 10.1 Å². The lowest BCUT2D eigenvalue weighted by atomic mass is 10.0. The zero-order valence-corrected chi connectivity index (χ0v) is 13.5. The smallest absolute Gasteiger partial charge is 0.347 e. The average molecular weight is 293 g/mol. The molecule has 0 bridgehead atoms. The predicted molar refractivity (Wildman–Crippen MR) is 84.5 cm³/mol. The van der Waals surface area contributed by atoms with Gasteiger partial charge in [-0.05, 0) is 39.3 Å². The van der Waals surface area contributed by atoms with Crippen molar-refractivity contribution in [2.75, 3.05) is 13.2 Å². The van der Waals surface area contributed by atoms with Crippen molar-refractivity contribution < 1.29 is 14.3 Å². The summed E-state index contributed by atoms with van der Waals surface area (Å²) in [6.45, 7) is 9.11. The number of para-hydroxylation sites is 1. The van der Waals surface area contributed by atoms with Crippen molar-refractivity contribution in [2.24, 2.45) is 0 Å². The maximum Gasteiger partial charge on any atom is 0.347 e. The quantitative estimate of drug-likeness (QED) is 0.708. The summed E-state index contributed by atoms with van der Waals surface area (Å²) in [5, 5.41) is 3.51. The van der Waals surface area contributed by atoms with Gasteiger partial charge in [0, 0.05) is 11.6 Å². The molecule has 0 spiro atoms. The van der Waals surface area contributed by atoms with E-state index in [1.165, 1.54) is 0 Å². The van der Waals surface area contributed by atoms with Crippen LogP contribution in [0.3, 0.4) is 0 Å². The Hall–Kier alpha value is -1.55. The Balaban J connectivity index is 2.85. The van der Waals surface area contributed by atoms with E-state index in [4.69, 9.17) is 9.47 Å². The minimum atomic E-state index is -0.602. The van der Waals surface area contributed by atoms with Crippen LogP contribution in [0.4, 0.5) is 0 Å². The van der Waals surface area contributed by atoms with Crippen LogP contribution in [0.25, 0.3) is 0 Å². The molecule has 21 heavy (non-hydrogen) atoms. The second-order valence-electron chi connectivity index (χ2n) is 4.96. The molecule has 0 aliphatic rings. The second kappa shape index (κ2) is 9.40. The van der Waals surface area contributed by atoms with Crippen molar-refractivity contribution >= 4 is 5.97 Å². The lowest BCUT2D eigenvalue weighted by Gasteiger charge is -2.22. The summed E-state index contributed by atoms with van der Waals surface area (Å²) in [5.41, 5.74) is 1.09. The van der Waals surface area contributed by atoms with Gasteiger partial charge in [-0.1, -0.05) is 32.0 Å². The molecular formula is C17H27NO3. The summed E-state index contributed by atoms with van der Waals surface area (Å²) in [5.74, 6) is 0.412. The third-order valence-corrected chi connectivity index (χ3v) is 3.27. The van der Waals surface area contributed by atoms with Crippen molar-refractivity contribution in [3.8, 4) is 5.75 Å². The molecule has 1 aromatic carbocycles. The Morgan fingerprint density at radius 1 is 1.24 bits per heavy atom. The van der Waals surface area contributed by atoms with Gasteiger partial charge in [0.15, 0.2) is 6.10 Å². The van der Waals surface area contributed by atoms with Gasteiger partial charge in [0.1, 0.15) is 5.75 Å². The van der Waals surface area contributed by atoms with Gasteiger partial charge in [-0.25, -0.2) is 4.79 Å². The van der Waals surface area contributed by atoms with Crippen LogP contribution in [0, 0.1) is 0 Å². The van der Waals surface area contributed by atoms with Gasteiger partial charge < -0.3 is 14.8 Å². The monoisotopic (exact) mass is 293 g/mol. The van der Waals surface area contributed by atoms with E-state index in [0.717, 1.165) is 30.7 Å². The zero-order chi connectivity index (χ0) is 15.7. The highest BCUT2D eigenvalue weighted by atomic mass is 16.6. The predicted octanol–water partition coefficient (Wildman–Crippen LogP) is 3.47. The number of ether oxygens (including phenoxy) is 2. The zero-order valence-electron chi connectivity index (χ0n) is 13.5. The van der Waals surface area contributed by atoms with Gasteiger partial charge >= 0.3 is 5.97 Å². The van der Waals surface area contributed by atoms with E-state index in [1.807, 2.05) is 24.3 Å². The van der Waals surface area contributed by atoms with Gasteiger partial charge in [-0.15, -0.1) is 0 Å². The Morgan fingerprint density at radius 3 is 2.57 bits per heavy atom. The summed E-state index contributed by atoms with van der Waals surface area (Å²) >= 11 is 0. The van der Waals surface area contributed by atoms with Crippen LogP contribution >= 0.6 is 0 Å². The van der Waals surface area contributed by atoms with E-state index in [0.29, 0.717) is 6.61 Å². The second-order valence-corrected chi connectivity index (χ2v) is 4.96. The molecule has 0 radical (unpaired) electrons. The van der Waals surface area contributed by atoms with E-state index < -0.39 is 6.10 Å². The fraction of sp³-hybridized carbons (Fsp3) is 0.588. The van der Waals surface area contributed by atoms with Crippen molar-refractivity contribution in [3.05, 3.63) is 29.8 Å².